The van der Waals surface area contributed by atoms with Crippen molar-refractivity contribution in [3.05, 3.63) is 48.3 Å². The third-order valence-corrected chi connectivity index (χ3v) is 5.95. The lowest BCUT2D eigenvalue weighted by Gasteiger charge is -2.34. The summed E-state index contributed by atoms with van der Waals surface area (Å²) in [5.74, 6) is -0.588. The van der Waals surface area contributed by atoms with Crippen LogP contribution in [0, 0.1) is 5.82 Å². The Kier molecular flexibility index (Phi) is 5.86. The SMILES string of the molecule is CCNc1cc(N2CCN(C)CC2)ccc1NS(=O)(=O)c1cccc(F)c1. The number of benzene rings is 2. The quantitative estimate of drug-likeness (QED) is 0.792. The predicted molar refractivity (Wildman–Crippen MR) is 108 cm³/mol. The molecular formula is C19H25FN4O2S. The number of sulfonamides is 1. The van der Waals surface area contributed by atoms with E-state index in [-0.39, 0.29) is 4.90 Å². The highest BCUT2D eigenvalue weighted by Crippen LogP contribution is 2.30. The lowest BCUT2D eigenvalue weighted by molar-refractivity contribution is 0.313. The zero-order valence-electron chi connectivity index (χ0n) is 15.6. The molecule has 27 heavy (non-hydrogen) atoms. The molecule has 1 aliphatic rings. The van der Waals surface area contributed by atoms with Gasteiger partial charge in [0.15, 0.2) is 0 Å². The van der Waals surface area contributed by atoms with Gasteiger partial charge in [0.25, 0.3) is 10.0 Å². The first-order valence-corrected chi connectivity index (χ1v) is 10.5. The van der Waals surface area contributed by atoms with Gasteiger partial charge in [-0.3, -0.25) is 4.72 Å². The first-order chi connectivity index (χ1) is 12.9. The van der Waals surface area contributed by atoms with Gasteiger partial charge in [0, 0.05) is 38.4 Å². The molecule has 0 atom stereocenters. The molecule has 1 fully saturated rings. The van der Waals surface area contributed by atoms with E-state index in [4.69, 9.17) is 0 Å². The molecule has 0 spiro atoms. The van der Waals surface area contributed by atoms with Gasteiger partial charge >= 0.3 is 0 Å². The van der Waals surface area contributed by atoms with Gasteiger partial charge in [-0.05, 0) is 50.4 Å². The van der Waals surface area contributed by atoms with Crippen LogP contribution in [0.5, 0.6) is 0 Å². The Balaban J connectivity index is 1.86. The summed E-state index contributed by atoms with van der Waals surface area (Å²) in [6, 6.07) is 10.6. The van der Waals surface area contributed by atoms with E-state index in [1.165, 1.54) is 18.2 Å². The number of nitrogens with one attached hydrogen (secondary N) is 2. The second-order valence-corrected chi connectivity index (χ2v) is 8.30. The number of rotatable bonds is 6. The van der Waals surface area contributed by atoms with Crippen molar-refractivity contribution >= 4 is 27.1 Å². The Labute approximate surface area is 160 Å². The number of likely N-dealkylation sites (N-methyl/N-ethyl adjacent to an activating group) is 1. The summed E-state index contributed by atoms with van der Waals surface area (Å²) in [6.45, 7) is 6.44. The van der Waals surface area contributed by atoms with Gasteiger partial charge in [0.1, 0.15) is 5.82 Å². The lowest BCUT2D eigenvalue weighted by atomic mass is 10.2. The van der Waals surface area contributed by atoms with Crippen LogP contribution in [0.3, 0.4) is 0 Å². The van der Waals surface area contributed by atoms with Crippen LogP contribution in [0.25, 0.3) is 0 Å². The predicted octanol–water partition coefficient (Wildman–Crippen LogP) is 2.81. The van der Waals surface area contributed by atoms with Crippen LogP contribution in [0.2, 0.25) is 0 Å². The van der Waals surface area contributed by atoms with Crippen molar-refractivity contribution in [2.45, 2.75) is 11.8 Å². The lowest BCUT2D eigenvalue weighted by Crippen LogP contribution is -2.44. The van der Waals surface area contributed by atoms with E-state index in [9.17, 15) is 12.8 Å². The molecule has 0 aliphatic carbocycles. The Hall–Kier alpha value is -2.32. The molecule has 0 aromatic heterocycles. The second-order valence-electron chi connectivity index (χ2n) is 6.61. The fraction of sp³-hybridized carbons (Fsp3) is 0.368. The molecule has 146 valence electrons. The topological polar surface area (TPSA) is 64.7 Å². The molecule has 0 bridgehead atoms. The minimum Gasteiger partial charge on any atom is -0.384 e. The molecule has 8 heteroatoms. The molecule has 0 unspecified atom stereocenters. The van der Waals surface area contributed by atoms with Gasteiger partial charge in [0.2, 0.25) is 0 Å². The van der Waals surface area contributed by atoms with Crippen LogP contribution in [0.4, 0.5) is 21.5 Å². The highest BCUT2D eigenvalue weighted by molar-refractivity contribution is 7.92. The molecule has 0 radical (unpaired) electrons. The zero-order valence-corrected chi connectivity index (χ0v) is 16.4. The van der Waals surface area contributed by atoms with Gasteiger partial charge < -0.3 is 15.1 Å². The number of piperazine rings is 1. The number of halogens is 1. The van der Waals surface area contributed by atoms with Gasteiger partial charge in [-0.1, -0.05) is 6.07 Å². The standard InChI is InChI=1S/C19H25FN4O2S/c1-3-21-19-14-16(24-11-9-23(2)10-12-24)7-8-18(19)22-27(25,26)17-6-4-5-15(20)13-17/h4-8,13-14,21-22H,3,9-12H2,1-2H3. The summed E-state index contributed by atoms with van der Waals surface area (Å²) in [5, 5.41) is 3.21. The number of hydrogen-bond donors (Lipinski definition) is 2. The van der Waals surface area contributed by atoms with E-state index in [0.717, 1.165) is 37.9 Å². The summed E-state index contributed by atoms with van der Waals surface area (Å²) in [4.78, 5) is 4.46. The molecule has 2 aromatic rings. The maximum Gasteiger partial charge on any atom is 0.262 e. The number of hydrogen-bond acceptors (Lipinski definition) is 5. The average Bonchev–Trinajstić information content (AvgIpc) is 2.64. The summed E-state index contributed by atoms with van der Waals surface area (Å²) in [7, 11) is -1.77. The Bertz CT molecular complexity index is 896. The molecule has 1 saturated heterocycles. The summed E-state index contributed by atoms with van der Waals surface area (Å²) < 4.78 is 41.2. The van der Waals surface area contributed by atoms with Crippen molar-refractivity contribution in [2.24, 2.45) is 0 Å². The molecule has 1 aliphatic heterocycles. The van der Waals surface area contributed by atoms with E-state index in [0.29, 0.717) is 17.9 Å². The van der Waals surface area contributed by atoms with Gasteiger partial charge in [0.05, 0.1) is 16.3 Å². The van der Waals surface area contributed by atoms with Crippen molar-refractivity contribution < 1.29 is 12.8 Å². The maximum atomic E-state index is 13.4. The third kappa shape index (κ3) is 4.70. The minimum atomic E-state index is -3.87. The Morgan fingerprint density at radius 2 is 1.78 bits per heavy atom. The third-order valence-electron chi connectivity index (χ3n) is 4.59. The van der Waals surface area contributed by atoms with Gasteiger partial charge in [-0.25, -0.2) is 12.8 Å². The molecule has 0 amide bonds. The van der Waals surface area contributed by atoms with Gasteiger partial charge in [-0.2, -0.15) is 0 Å². The minimum absolute atomic E-state index is 0.104. The molecular weight excluding hydrogens is 367 g/mol. The molecule has 2 N–H and O–H groups in total. The van der Waals surface area contributed by atoms with Crippen LogP contribution >= 0.6 is 0 Å². The van der Waals surface area contributed by atoms with Crippen molar-refractivity contribution in [3.8, 4) is 0 Å². The first-order valence-electron chi connectivity index (χ1n) is 8.99. The fourth-order valence-electron chi connectivity index (χ4n) is 3.06. The van der Waals surface area contributed by atoms with E-state index >= 15 is 0 Å². The Morgan fingerprint density at radius 3 is 2.44 bits per heavy atom. The van der Waals surface area contributed by atoms with Gasteiger partial charge in [-0.15, -0.1) is 0 Å². The number of nitrogens with zero attached hydrogens (tertiary/aromatic N) is 2. The molecule has 6 nitrogen and oxygen atoms in total. The normalized spacial score (nSPS) is 15.6. The van der Waals surface area contributed by atoms with Crippen LogP contribution in [0.1, 0.15) is 6.92 Å². The highest BCUT2D eigenvalue weighted by atomic mass is 32.2. The second kappa shape index (κ2) is 8.14. The van der Waals surface area contributed by atoms with Crippen molar-refractivity contribution in [3.63, 3.8) is 0 Å². The molecule has 0 saturated carbocycles. The monoisotopic (exact) mass is 392 g/mol. The first kappa shape index (κ1) is 19.4. The zero-order chi connectivity index (χ0) is 19.4. The van der Waals surface area contributed by atoms with Crippen molar-refractivity contribution in [1.82, 2.24) is 4.90 Å². The van der Waals surface area contributed by atoms with E-state index in [1.807, 2.05) is 19.1 Å². The molecule has 1 heterocycles. The summed E-state index contributed by atoms with van der Waals surface area (Å²) >= 11 is 0. The van der Waals surface area contributed by atoms with Crippen LogP contribution < -0.4 is 14.9 Å². The van der Waals surface area contributed by atoms with Crippen LogP contribution in [0.15, 0.2) is 47.4 Å². The van der Waals surface area contributed by atoms with Crippen LogP contribution in [-0.4, -0.2) is 53.1 Å². The molecule has 3 rings (SSSR count). The van der Waals surface area contributed by atoms with Crippen molar-refractivity contribution in [2.75, 3.05) is 54.7 Å². The average molecular weight is 393 g/mol. The smallest absolute Gasteiger partial charge is 0.262 e. The van der Waals surface area contributed by atoms with Crippen LogP contribution in [-0.2, 0) is 10.0 Å². The largest absolute Gasteiger partial charge is 0.384 e. The number of anilines is 3. The van der Waals surface area contributed by atoms with E-state index in [2.05, 4.69) is 26.9 Å². The fourth-order valence-corrected chi connectivity index (χ4v) is 4.17. The molecule has 2 aromatic carbocycles. The van der Waals surface area contributed by atoms with Crippen molar-refractivity contribution in [1.29, 1.82) is 0 Å². The highest BCUT2D eigenvalue weighted by Gasteiger charge is 2.19. The van der Waals surface area contributed by atoms with E-state index in [1.54, 1.807) is 6.07 Å². The summed E-state index contributed by atoms with van der Waals surface area (Å²) in [6.07, 6.45) is 0. The summed E-state index contributed by atoms with van der Waals surface area (Å²) in [5.41, 5.74) is 2.20. The maximum absolute atomic E-state index is 13.4. The Morgan fingerprint density at radius 1 is 1.04 bits per heavy atom. The van der Waals surface area contributed by atoms with E-state index < -0.39 is 15.8 Å².